The predicted octanol–water partition coefficient (Wildman–Crippen LogP) is 5.03. The van der Waals surface area contributed by atoms with Crippen molar-refractivity contribution < 1.29 is 14.6 Å². The van der Waals surface area contributed by atoms with E-state index in [-0.39, 0.29) is 16.3 Å². The molecule has 3 aromatic carbocycles. The van der Waals surface area contributed by atoms with Crippen LogP contribution in [0.1, 0.15) is 21.5 Å². The standard InChI is InChI=1S/C19H15ClO3/c1-11-3-6-15-12(2)18(8-5-13(15)9-11)23-19(22)14-4-7-17(21)16(20)10-14/h3-10,21H,1-2H3. The number of carbonyl (C=O) groups excluding carboxylic acids is 1. The van der Waals surface area contributed by atoms with Crippen LogP contribution in [0, 0.1) is 13.8 Å². The van der Waals surface area contributed by atoms with Crippen LogP contribution in [0.15, 0.2) is 48.5 Å². The summed E-state index contributed by atoms with van der Waals surface area (Å²) < 4.78 is 5.49. The number of esters is 1. The first kappa shape index (κ1) is 15.4. The van der Waals surface area contributed by atoms with Gasteiger partial charge in [-0.05, 0) is 54.4 Å². The third-order valence-corrected chi connectivity index (χ3v) is 4.08. The zero-order valence-corrected chi connectivity index (χ0v) is 13.5. The SMILES string of the molecule is Cc1ccc2c(C)c(OC(=O)c3ccc(O)c(Cl)c3)ccc2c1. The Kier molecular flexibility index (Phi) is 3.97. The third kappa shape index (κ3) is 3.01. The van der Waals surface area contributed by atoms with Gasteiger partial charge in [0.25, 0.3) is 0 Å². The first-order chi connectivity index (χ1) is 11.0. The molecule has 4 heteroatoms. The van der Waals surface area contributed by atoms with Gasteiger partial charge in [-0.1, -0.05) is 41.4 Å². The highest BCUT2D eigenvalue weighted by molar-refractivity contribution is 6.32. The van der Waals surface area contributed by atoms with Gasteiger partial charge in [-0.3, -0.25) is 0 Å². The maximum atomic E-state index is 12.3. The minimum absolute atomic E-state index is 0.0690. The van der Waals surface area contributed by atoms with E-state index >= 15 is 0 Å². The molecular weight excluding hydrogens is 312 g/mol. The minimum atomic E-state index is -0.513. The van der Waals surface area contributed by atoms with Crippen LogP contribution in [-0.2, 0) is 0 Å². The first-order valence-corrected chi connectivity index (χ1v) is 7.54. The average molecular weight is 327 g/mol. The summed E-state index contributed by atoms with van der Waals surface area (Å²) in [5.41, 5.74) is 2.37. The normalized spacial score (nSPS) is 10.7. The van der Waals surface area contributed by atoms with Crippen LogP contribution in [0.25, 0.3) is 10.8 Å². The molecule has 116 valence electrons. The molecular formula is C19H15ClO3. The Morgan fingerprint density at radius 3 is 2.57 bits per heavy atom. The molecule has 0 aliphatic heterocycles. The van der Waals surface area contributed by atoms with Crippen LogP contribution >= 0.6 is 11.6 Å². The third-order valence-electron chi connectivity index (χ3n) is 3.78. The Balaban J connectivity index is 1.94. The highest BCUT2D eigenvalue weighted by Crippen LogP contribution is 2.29. The molecule has 1 N–H and O–H groups in total. The number of ether oxygens (including phenoxy) is 1. The second-order valence-corrected chi connectivity index (χ2v) is 5.88. The molecule has 3 aromatic rings. The molecule has 0 aliphatic rings. The van der Waals surface area contributed by atoms with Crippen LogP contribution in [0.4, 0.5) is 0 Å². The van der Waals surface area contributed by atoms with Crippen molar-refractivity contribution in [2.75, 3.05) is 0 Å². The van der Waals surface area contributed by atoms with Crippen LogP contribution in [0.2, 0.25) is 5.02 Å². The van der Waals surface area contributed by atoms with Crippen LogP contribution < -0.4 is 4.74 Å². The fourth-order valence-corrected chi connectivity index (χ4v) is 2.67. The highest BCUT2D eigenvalue weighted by atomic mass is 35.5. The molecule has 0 fully saturated rings. The number of benzene rings is 3. The van der Waals surface area contributed by atoms with Crippen molar-refractivity contribution in [3.05, 3.63) is 70.2 Å². The fraction of sp³-hybridized carbons (Fsp3) is 0.105. The molecule has 0 spiro atoms. The first-order valence-electron chi connectivity index (χ1n) is 7.16. The molecule has 0 aliphatic carbocycles. The van der Waals surface area contributed by atoms with Gasteiger partial charge in [-0.15, -0.1) is 0 Å². The molecule has 0 unspecified atom stereocenters. The molecule has 0 heterocycles. The van der Waals surface area contributed by atoms with E-state index in [1.54, 1.807) is 6.07 Å². The minimum Gasteiger partial charge on any atom is -0.506 e. The van der Waals surface area contributed by atoms with Gasteiger partial charge in [0.2, 0.25) is 0 Å². The highest BCUT2D eigenvalue weighted by Gasteiger charge is 2.13. The predicted molar refractivity (Wildman–Crippen MR) is 91.5 cm³/mol. The molecule has 0 saturated carbocycles. The molecule has 23 heavy (non-hydrogen) atoms. The molecule has 0 aromatic heterocycles. The van der Waals surface area contributed by atoms with Crippen LogP contribution in [0.5, 0.6) is 11.5 Å². The van der Waals surface area contributed by atoms with Gasteiger partial charge in [0.1, 0.15) is 11.5 Å². The monoisotopic (exact) mass is 326 g/mol. The van der Waals surface area contributed by atoms with E-state index < -0.39 is 5.97 Å². The summed E-state index contributed by atoms with van der Waals surface area (Å²) in [6, 6.07) is 14.1. The van der Waals surface area contributed by atoms with Gasteiger partial charge in [0.15, 0.2) is 0 Å². The quantitative estimate of drug-likeness (QED) is 0.530. The van der Waals surface area contributed by atoms with Gasteiger partial charge in [0.05, 0.1) is 10.6 Å². The van der Waals surface area contributed by atoms with E-state index in [0.29, 0.717) is 5.75 Å². The number of rotatable bonds is 2. The van der Waals surface area contributed by atoms with E-state index in [1.807, 2.05) is 32.0 Å². The fourth-order valence-electron chi connectivity index (χ4n) is 2.49. The number of phenols is 1. The number of hydrogen-bond donors (Lipinski definition) is 1. The summed E-state index contributed by atoms with van der Waals surface area (Å²) in [4.78, 5) is 12.3. The molecule has 0 radical (unpaired) electrons. The molecule has 0 atom stereocenters. The molecule has 0 saturated heterocycles. The zero-order chi connectivity index (χ0) is 16.6. The van der Waals surface area contributed by atoms with Crippen molar-refractivity contribution in [1.29, 1.82) is 0 Å². The summed E-state index contributed by atoms with van der Waals surface area (Å²) in [6.07, 6.45) is 0. The molecule has 0 amide bonds. The van der Waals surface area contributed by atoms with Gasteiger partial charge < -0.3 is 9.84 Å². The number of phenolic OH excluding ortho intramolecular Hbond substituents is 1. The Morgan fingerprint density at radius 1 is 1.04 bits per heavy atom. The summed E-state index contributed by atoms with van der Waals surface area (Å²) >= 11 is 5.83. The number of aryl methyl sites for hydroxylation is 2. The summed E-state index contributed by atoms with van der Waals surface area (Å²) in [7, 11) is 0. The van der Waals surface area contributed by atoms with E-state index in [1.165, 1.54) is 23.8 Å². The van der Waals surface area contributed by atoms with Crippen LogP contribution in [-0.4, -0.2) is 11.1 Å². The van der Waals surface area contributed by atoms with Crippen molar-refractivity contribution in [3.63, 3.8) is 0 Å². The summed E-state index contributed by atoms with van der Waals surface area (Å²) in [6.45, 7) is 3.96. The maximum absolute atomic E-state index is 12.3. The van der Waals surface area contributed by atoms with E-state index in [2.05, 4.69) is 6.07 Å². The van der Waals surface area contributed by atoms with Gasteiger partial charge in [-0.25, -0.2) is 4.79 Å². The number of fused-ring (bicyclic) bond motifs is 1. The second-order valence-electron chi connectivity index (χ2n) is 5.47. The topological polar surface area (TPSA) is 46.5 Å². The lowest BCUT2D eigenvalue weighted by molar-refractivity contribution is 0.0734. The summed E-state index contributed by atoms with van der Waals surface area (Å²) in [5.74, 6) is -0.0718. The summed E-state index contributed by atoms with van der Waals surface area (Å²) in [5, 5.41) is 11.7. The maximum Gasteiger partial charge on any atom is 0.343 e. The second kappa shape index (κ2) is 5.94. The Bertz CT molecular complexity index is 916. The van der Waals surface area contributed by atoms with E-state index in [9.17, 15) is 9.90 Å². The van der Waals surface area contributed by atoms with Gasteiger partial charge in [-0.2, -0.15) is 0 Å². The lowest BCUT2D eigenvalue weighted by atomic mass is 10.0. The van der Waals surface area contributed by atoms with Crippen molar-refractivity contribution in [3.8, 4) is 11.5 Å². The lowest BCUT2D eigenvalue weighted by Crippen LogP contribution is -2.09. The Labute approximate surface area is 139 Å². The average Bonchev–Trinajstić information content (AvgIpc) is 2.52. The van der Waals surface area contributed by atoms with Crippen LogP contribution in [0.3, 0.4) is 0 Å². The van der Waals surface area contributed by atoms with Crippen molar-refractivity contribution in [2.45, 2.75) is 13.8 Å². The van der Waals surface area contributed by atoms with Crippen molar-refractivity contribution >= 4 is 28.3 Å². The smallest absolute Gasteiger partial charge is 0.343 e. The zero-order valence-electron chi connectivity index (χ0n) is 12.8. The number of hydrogen-bond acceptors (Lipinski definition) is 3. The number of halogens is 1. The molecule has 0 bridgehead atoms. The van der Waals surface area contributed by atoms with Crippen molar-refractivity contribution in [2.24, 2.45) is 0 Å². The molecule has 3 nitrogen and oxygen atoms in total. The number of aromatic hydroxyl groups is 1. The Morgan fingerprint density at radius 2 is 1.83 bits per heavy atom. The molecule has 3 rings (SSSR count). The van der Waals surface area contributed by atoms with Crippen molar-refractivity contribution in [1.82, 2.24) is 0 Å². The van der Waals surface area contributed by atoms with E-state index in [4.69, 9.17) is 16.3 Å². The Hall–Kier alpha value is -2.52. The van der Waals surface area contributed by atoms with Gasteiger partial charge in [0, 0.05) is 0 Å². The van der Waals surface area contributed by atoms with E-state index in [0.717, 1.165) is 16.3 Å². The number of carbonyl (C=O) groups is 1. The van der Waals surface area contributed by atoms with Gasteiger partial charge >= 0.3 is 5.97 Å². The lowest BCUT2D eigenvalue weighted by Gasteiger charge is -2.11. The largest absolute Gasteiger partial charge is 0.506 e.